The number of benzene rings is 3. The van der Waals surface area contributed by atoms with Crippen molar-refractivity contribution in [2.75, 3.05) is 18.0 Å². The standard InChI is InChI=1S/C28H26N2O2/c31-27(21-23-11-15-25(16-12-23)24-8-2-1-3-9-24)29-19-6-7-22-13-17-26(18-14-22)30-20-5-4-10-28(30)32/h1-3,8-9,11-18H,4-5,10,19-21H2,(H,29,31). The van der Waals surface area contributed by atoms with Crippen molar-refractivity contribution in [2.24, 2.45) is 0 Å². The van der Waals surface area contributed by atoms with Gasteiger partial charge in [0.25, 0.3) is 0 Å². The molecule has 4 rings (SSSR count). The average molecular weight is 423 g/mol. The first-order valence-corrected chi connectivity index (χ1v) is 11.0. The van der Waals surface area contributed by atoms with Crippen LogP contribution in [0, 0.1) is 11.8 Å². The van der Waals surface area contributed by atoms with Crippen LogP contribution >= 0.6 is 0 Å². The van der Waals surface area contributed by atoms with Gasteiger partial charge in [-0.05, 0) is 53.8 Å². The summed E-state index contributed by atoms with van der Waals surface area (Å²) in [5.41, 5.74) is 5.06. The highest BCUT2D eigenvalue weighted by Gasteiger charge is 2.19. The molecule has 0 radical (unpaired) electrons. The highest BCUT2D eigenvalue weighted by Crippen LogP contribution is 2.21. The van der Waals surface area contributed by atoms with Gasteiger partial charge in [-0.2, -0.15) is 0 Å². The van der Waals surface area contributed by atoms with E-state index in [-0.39, 0.29) is 11.8 Å². The van der Waals surface area contributed by atoms with Crippen molar-refractivity contribution in [3.63, 3.8) is 0 Å². The van der Waals surface area contributed by atoms with Crippen molar-refractivity contribution in [1.29, 1.82) is 0 Å². The van der Waals surface area contributed by atoms with Crippen molar-refractivity contribution in [3.05, 3.63) is 90.0 Å². The number of piperidine rings is 1. The molecule has 0 saturated carbocycles. The second-order valence-electron chi connectivity index (χ2n) is 7.87. The number of hydrogen-bond donors (Lipinski definition) is 1. The highest BCUT2D eigenvalue weighted by atomic mass is 16.2. The van der Waals surface area contributed by atoms with E-state index in [1.807, 2.05) is 71.6 Å². The molecule has 0 unspecified atom stereocenters. The maximum absolute atomic E-state index is 12.2. The first-order chi connectivity index (χ1) is 15.7. The van der Waals surface area contributed by atoms with Gasteiger partial charge >= 0.3 is 0 Å². The van der Waals surface area contributed by atoms with Crippen LogP contribution in [0.2, 0.25) is 0 Å². The normalized spacial score (nSPS) is 13.2. The zero-order valence-corrected chi connectivity index (χ0v) is 18.0. The molecule has 0 bridgehead atoms. The molecular weight excluding hydrogens is 396 g/mol. The van der Waals surface area contributed by atoms with Gasteiger partial charge in [0.05, 0.1) is 13.0 Å². The molecule has 1 N–H and O–H groups in total. The Morgan fingerprint density at radius 3 is 2.31 bits per heavy atom. The minimum absolute atomic E-state index is 0.0503. The van der Waals surface area contributed by atoms with Crippen LogP contribution in [0.5, 0.6) is 0 Å². The Balaban J connectivity index is 1.25. The topological polar surface area (TPSA) is 49.4 Å². The summed E-state index contributed by atoms with van der Waals surface area (Å²) in [7, 11) is 0. The van der Waals surface area contributed by atoms with Crippen LogP contribution in [0.25, 0.3) is 11.1 Å². The maximum Gasteiger partial charge on any atom is 0.226 e. The van der Waals surface area contributed by atoms with Crippen LogP contribution in [-0.2, 0) is 16.0 Å². The van der Waals surface area contributed by atoms with Crippen molar-refractivity contribution in [3.8, 4) is 23.0 Å². The van der Waals surface area contributed by atoms with Gasteiger partial charge in [0.15, 0.2) is 0 Å². The molecule has 0 aliphatic carbocycles. The van der Waals surface area contributed by atoms with Crippen LogP contribution in [0.3, 0.4) is 0 Å². The van der Waals surface area contributed by atoms with E-state index >= 15 is 0 Å². The summed E-state index contributed by atoms with van der Waals surface area (Å²) in [5.74, 6) is 6.19. The number of carbonyl (C=O) groups excluding carboxylic acids is 2. The quantitative estimate of drug-likeness (QED) is 0.612. The number of nitrogens with one attached hydrogen (secondary N) is 1. The Bertz CT molecular complexity index is 1120. The van der Waals surface area contributed by atoms with Gasteiger partial charge in [0.2, 0.25) is 11.8 Å². The van der Waals surface area contributed by atoms with Gasteiger partial charge in [-0.25, -0.2) is 0 Å². The molecule has 0 atom stereocenters. The minimum atomic E-state index is -0.0503. The Morgan fingerprint density at radius 2 is 1.59 bits per heavy atom. The predicted molar refractivity (Wildman–Crippen MR) is 128 cm³/mol. The summed E-state index contributed by atoms with van der Waals surface area (Å²) in [6.07, 6.45) is 2.97. The van der Waals surface area contributed by atoms with Crippen molar-refractivity contribution < 1.29 is 9.59 Å². The lowest BCUT2D eigenvalue weighted by molar-refractivity contribution is -0.120. The first-order valence-electron chi connectivity index (χ1n) is 11.0. The van der Waals surface area contributed by atoms with E-state index < -0.39 is 0 Å². The molecular formula is C28H26N2O2. The van der Waals surface area contributed by atoms with Crippen LogP contribution in [0.1, 0.15) is 30.4 Å². The molecule has 32 heavy (non-hydrogen) atoms. The van der Waals surface area contributed by atoms with Gasteiger partial charge in [-0.3, -0.25) is 9.59 Å². The fraction of sp³-hybridized carbons (Fsp3) is 0.214. The number of hydrogen-bond acceptors (Lipinski definition) is 2. The van der Waals surface area contributed by atoms with Crippen LogP contribution in [0.15, 0.2) is 78.9 Å². The Hall–Kier alpha value is -3.84. The van der Waals surface area contributed by atoms with Gasteiger partial charge in [-0.1, -0.05) is 66.4 Å². The number of nitrogens with zero attached hydrogens (tertiary/aromatic N) is 1. The molecule has 2 amide bonds. The lowest BCUT2D eigenvalue weighted by Gasteiger charge is -2.26. The van der Waals surface area contributed by atoms with E-state index in [0.717, 1.165) is 47.3 Å². The van der Waals surface area contributed by atoms with E-state index in [1.54, 1.807) is 0 Å². The SMILES string of the molecule is O=C(Cc1ccc(-c2ccccc2)cc1)NCC#Cc1ccc(N2CCCCC2=O)cc1. The van der Waals surface area contributed by atoms with Gasteiger partial charge in [0, 0.05) is 24.2 Å². The maximum atomic E-state index is 12.2. The molecule has 160 valence electrons. The molecule has 1 aliphatic rings. The molecule has 1 heterocycles. The third-order valence-electron chi connectivity index (χ3n) is 5.53. The molecule has 3 aromatic carbocycles. The third-order valence-corrected chi connectivity index (χ3v) is 5.53. The molecule has 4 heteroatoms. The second-order valence-corrected chi connectivity index (χ2v) is 7.87. The number of carbonyl (C=O) groups is 2. The molecule has 1 aliphatic heterocycles. The van der Waals surface area contributed by atoms with Gasteiger partial charge in [0.1, 0.15) is 0 Å². The van der Waals surface area contributed by atoms with Crippen molar-refractivity contribution in [2.45, 2.75) is 25.7 Å². The Kier molecular flexibility index (Phi) is 6.99. The fourth-order valence-corrected chi connectivity index (χ4v) is 3.79. The summed E-state index contributed by atoms with van der Waals surface area (Å²) >= 11 is 0. The van der Waals surface area contributed by atoms with Gasteiger partial charge < -0.3 is 10.2 Å². The van der Waals surface area contributed by atoms with Crippen molar-refractivity contribution in [1.82, 2.24) is 5.32 Å². The lowest BCUT2D eigenvalue weighted by atomic mass is 10.0. The first kappa shape index (κ1) is 21.4. The number of amides is 2. The summed E-state index contributed by atoms with van der Waals surface area (Å²) in [4.78, 5) is 26.1. The van der Waals surface area contributed by atoms with E-state index in [4.69, 9.17) is 0 Å². The minimum Gasteiger partial charge on any atom is -0.345 e. The zero-order chi connectivity index (χ0) is 22.2. The Morgan fingerprint density at radius 1 is 0.875 bits per heavy atom. The zero-order valence-electron chi connectivity index (χ0n) is 18.0. The molecule has 1 saturated heterocycles. The lowest BCUT2D eigenvalue weighted by Crippen LogP contribution is -2.35. The number of rotatable bonds is 5. The summed E-state index contributed by atoms with van der Waals surface area (Å²) in [5, 5.41) is 2.85. The van der Waals surface area contributed by atoms with E-state index in [2.05, 4.69) is 29.3 Å². The predicted octanol–water partition coefficient (Wildman–Crippen LogP) is 4.58. The van der Waals surface area contributed by atoms with E-state index in [1.165, 1.54) is 0 Å². The molecule has 0 spiro atoms. The number of anilines is 1. The summed E-state index contributed by atoms with van der Waals surface area (Å²) in [6, 6.07) is 25.9. The smallest absolute Gasteiger partial charge is 0.226 e. The van der Waals surface area contributed by atoms with Crippen LogP contribution in [-0.4, -0.2) is 24.9 Å². The molecule has 4 nitrogen and oxygen atoms in total. The Labute approximate surface area is 189 Å². The summed E-state index contributed by atoms with van der Waals surface area (Å²) in [6.45, 7) is 1.08. The second kappa shape index (κ2) is 10.5. The van der Waals surface area contributed by atoms with Crippen molar-refractivity contribution >= 4 is 17.5 Å². The third kappa shape index (κ3) is 5.65. The van der Waals surface area contributed by atoms with E-state index in [9.17, 15) is 9.59 Å². The van der Waals surface area contributed by atoms with Crippen LogP contribution in [0.4, 0.5) is 5.69 Å². The largest absolute Gasteiger partial charge is 0.345 e. The summed E-state index contributed by atoms with van der Waals surface area (Å²) < 4.78 is 0. The molecule has 1 fully saturated rings. The monoisotopic (exact) mass is 422 g/mol. The highest BCUT2D eigenvalue weighted by molar-refractivity contribution is 5.94. The molecule has 3 aromatic rings. The van der Waals surface area contributed by atoms with Gasteiger partial charge in [-0.15, -0.1) is 0 Å². The van der Waals surface area contributed by atoms with E-state index in [0.29, 0.717) is 19.4 Å². The fourth-order valence-electron chi connectivity index (χ4n) is 3.79. The van der Waals surface area contributed by atoms with Crippen LogP contribution < -0.4 is 10.2 Å². The molecule has 0 aromatic heterocycles. The average Bonchev–Trinajstić information content (AvgIpc) is 2.84.